The Labute approximate surface area is 238 Å². The number of amides is 1. The first kappa shape index (κ1) is 27.6. The molecule has 0 aliphatic carbocycles. The van der Waals surface area contributed by atoms with Gasteiger partial charge in [-0.3, -0.25) is 14.2 Å². The number of benzene rings is 2. The van der Waals surface area contributed by atoms with Gasteiger partial charge in [0.2, 0.25) is 0 Å². The molecule has 208 valence electrons. The van der Waals surface area contributed by atoms with Gasteiger partial charge in [0, 0.05) is 36.1 Å². The van der Waals surface area contributed by atoms with Crippen LogP contribution in [0.1, 0.15) is 47.4 Å². The predicted molar refractivity (Wildman–Crippen MR) is 164 cm³/mol. The summed E-state index contributed by atoms with van der Waals surface area (Å²) in [4.78, 5) is 32.0. The van der Waals surface area contributed by atoms with Crippen LogP contribution in [0.15, 0.2) is 77.0 Å². The summed E-state index contributed by atoms with van der Waals surface area (Å²) in [5.74, 6) is 6.92. The summed E-state index contributed by atoms with van der Waals surface area (Å²) in [7, 11) is 1.66. The van der Waals surface area contributed by atoms with Gasteiger partial charge in [0.05, 0.1) is 11.4 Å². The van der Waals surface area contributed by atoms with Crippen LogP contribution in [0.4, 0.5) is 11.6 Å². The predicted octanol–water partition coefficient (Wildman–Crippen LogP) is 4.04. The Morgan fingerprint density at radius 2 is 1.98 bits per heavy atom. The number of aliphatic imine (C=N–C) groups is 1. The largest absolute Gasteiger partial charge is 0.381 e. The minimum atomic E-state index is -0.569. The van der Waals surface area contributed by atoms with E-state index >= 15 is 0 Å². The molecule has 0 spiro atoms. The van der Waals surface area contributed by atoms with E-state index in [2.05, 4.69) is 39.1 Å². The molecule has 41 heavy (non-hydrogen) atoms. The highest BCUT2D eigenvalue weighted by Gasteiger charge is 2.25. The van der Waals surface area contributed by atoms with Crippen LogP contribution in [-0.2, 0) is 7.05 Å². The number of nitrogens with two attached hydrogens (primary N) is 1. The molecule has 1 atom stereocenters. The molecule has 0 bridgehead atoms. The van der Waals surface area contributed by atoms with Gasteiger partial charge in [0.15, 0.2) is 11.6 Å². The number of carbonyl (C=O) groups is 1. The molecule has 1 aliphatic heterocycles. The lowest BCUT2D eigenvalue weighted by molar-refractivity contribution is 0.0940. The summed E-state index contributed by atoms with van der Waals surface area (Å²) in [6.07, 6.45) is 4.97. The Balaban J connectivity index is 1.60. The topological polar surface area (TPSA) is 119 Å². The third kappa shape index (κ3) is 5.69. The van der Waals surface area contributed by atoms with Crippen LogP contribution >= 0.6 is 0 Å². The van der Waals surface area contributed by atoms with Crippen molar-refractivity contribution in [2.75, 3.05) is 18.8 Å². The third-order valence-corrected chi connectivity index (χ3v) is 7.20. The minimum Gasteiger partial charge on any atom is -0.381 e. The molecule has 2 aromatic heterocycles. The zero-order chi connectivity index (χ0) is 28.9. The first-order valence-corrected chi connectivity index (χ1v) is 13.6. The number of nitrogen functional groups attached to an aromatic ring is 1. The van der Waals surface area contributed by atoms with Gasteiger partial charge in [0.25, 0.3) is 11.5 Å². The number of allylic oxidation sites excluding steroid dienone is 1. The number of nitrogens with zero attached hydrogens (tertiary/aromatic N) is 4. The zero-order valence-corrected chi connectivity index (χ0v) is 23.2. The molecule has 4 aromatic rings. The molecule has 3 heterocycles. The van der Waals surface area contributed by atoms with Crippen molar-refractivity contribution in [1.82, 2.24) is 25.0 Å². The molecule has 1 aliphatic rings. The maximum atomic E-state index is 14.2. The van der Waals surface area contributed by atoms with E-state index in [0.717, 1.165) is 31.3 Å². The van der Waals surface area contributed by atoms with Crippen molar-refractivity contribution < 1.29 is 4.79 Å². The maximum Gasteiger partial charge on any atom is 0.264 e. The quantitative estimate of drug-likeness (QED) is 0.249. The van der Waals surface area contributed by atoms with Gasteiger partial charge in [-0.15, -0.1) is 0 Å². The van der Waals surface area contributed by atoms with E-state index in [0.29, 0.717) is 34.1 Å². The van der Waals surface area contributed by atoms with Gasteiger partial charge in [-0.05, 0) is 62.5 Å². The fourth-order valence-corrected chi connectivity index (χ4v) is 5.16. The molecule has 1 fully saturated rings. The summed E-state index contributed by atoms with van der Waals surface area (Å²) in [6.45, 7) is 7.37. The van der Waals surface area contributed by atoms with Crippen LogP contribution in [0.5, 0.6) is 0 Å². The lowest BCUT2D eigenvalue weighted by Gasteiger charge is -2.21. The van der Waals surface area contributed by atoms with Crippen molar-refractivity contribution in [3.05, 3.63) is 94.4 Å². The number of aryl methyl sites for hydroxylation is 1. The van der Waals surface area contributed by atoms with Crippen LogP contribution < -0.4 is 21.9 Å². The highest BCUT2D eigenvalue weighted by Crippen LogP contribution is 2.27. The molecule has 1 saturated heterocycles. The standard InChI is InChI=1S/C32H33N7O2/c1-4-17-35-30-28(29(33)37-38(30)3)31(40)36-21(2)26-20-24-10-8-9-23(14-13-22-15-18-34-19-16-22)27(24)32(41)39(26)25-11-6-5-7-12-25/h4-12,17,20-22,34H,1,15-16,18-19H2,2-3H3,(H2,33,37)(H,36,40)/b35-17-. The second-order valence-electron chi connectivity index (χ2n) is 10.0. The Morgan fingerprint density at radius 1 is 1.22 bits per heavy atom. The van der Waals surface area contributed by atoms with Crippen LogP contribution in [0.2, 0.25) is 0 Å². The van der Waals surface area contributed by atoms with E-state index in [9.17, 15) is 9.59 Å². The number of pyridine rings is 1. The zero-order valence-electron chi connectivity index (χ0n) is 23.2. The van der Waals surface area contributed by atoms with Crippen LogP contribution in [0.3, 0.4) is 0 Å². The maximum absolute atomic E-state index is 14.2. The molecule has 1 unspecified atom stereocenters. The average molecular weight is 548 g/mol. The summed E-state index contributed by atoms with van der Waals surface area (Å²) < 4.78 is 3.09. The van der Waals surface area contributed by atoms with Crippen molar-refractivity contribution >= 4 is 34.5 Å². The van der Waals surface area contributed by atoms with E-state index in [4.69, 9.17) is 5.73 Å². The Hall–Kier alpha value is -4.94. The number of hydrogen-bond acceptors (Lipinski definition) is 6. The van der Waals surface area contributed by atoms with Gasteiger partial charge >= 0.3 is 0 Å². The molecular formula is C32H33N7O2. The van der Waals surface area contributed by atoms with Gasteiger partial charge in [0.1, 0.15) is 5.56 Å². The van der Waals surface area contributed by atoms with E-state index in [1.807, 2.05) is 61.5 Å². The third-order valence-electron chi connectivity index (χ3n) is 7.20. The van der Waals surface area contributed by atoms with Gasteiger partial charge in [-0.2, -0.15) is 5.10 Å². The van der Waals surface area contributed by atoms with Crippen molar-refractivity contribution in [2.24, 2.45) is 18.0 Å². The number of anilines is 1. The average Bonchev–Trinajstić information content (AvgIpc) is 3.27. The number of piperidine rings is 1. The number of para-hydroxylation sites is 1. The van der Waals surface area contributed by atoms with Gasteiger partial charge < -0.3 is 16.4 Å². The number of nitrogens with one attached hydrogen (secondary N) is 2. The number of aromatic nitrogens is 3. The van der Waals surface area contributed by atoms with E-state index < -0.39 is 11.9 Å². The molecule has 0 radical (unpaired) electrons. The molecule has 4 N–H and O–H groups in total. The monoisotopic (exact) mass is 547 g/mol. The Morgan fingerprint density at radius 3 is 2.71 bits per heavy atom. The molecule has 5 rings (SSSR count). The van der Waals surface area contributed by atoms with Gasteiger partial charge in [-0.1, -0.05) is 54.8 Å². The van der Waals surface area contributed by atoms with Crippen LogP contribution in [-0.4, -0.2) is 39.6 Å². The fraction of sp³-hybridized carbons (Fsp3) is 0.250. The Kier molecular flexibility index (Phi) is 8.13. The van der Waals surface area contributed by atoms with Crippen molar-refractivity contribution in [3.63, 3.8) is 0 Å². The van der Waals surface area contributed by atoms with Gasteiger partial charge in [-0.25, -0.2) is 9.67 Å². The normalized spacial score (nSPS) is 14.5. The summed E-state index contributed by atoms with van der Waals surface area (Å²) >= 11 is 0. The second-order valence-corrected chi connectivity index (χ2v) is 10.0. The van der Waals surface area contributed by atoms with Crippen molar-refractivity contribution in [1.29, 1.82) is 0 Å². The summed E-state index contributed by atoms with van der Waals surface area (Å²) in [5.41, 5.74) is 8.05. The summed E-state index contributed by atoms with van der Waals surface area (Å²) in [6, 6.07) is 16.5. The number of hydrogen-bond donors (Lipinski definition) is 3. The molecule has 2 aromatic carbocycles. The number of rotatable bonds is 6. The Bertz CT molecular complexity index is 1750. The van der Waals surface area contributed by atoms with Crippen molar-refractivity contribution in [2.45, 2.75) is 25.8 Å². The summed E-state index contributed by atoms with van der Waals surface area (Å²) in [5, 5.41) is 11.8. The fourth-order valence-electron chi connectivity index (χ4n) is 5.16. The smallest absolute Gasteiger partial charge is 0.264 e. The molecule has 9 heteroatoms. The highest BCUT2D eigenvalue weighted by atomic mass is 16.2. The van der Waals surface area contributed by atoms with Crippen LogP contribution in [0.25, 0.3) is 16.5 Å². The molecule has 9 nitrogen and oxygen atoms in total. The second kappa shape index (κ2) is 12.1. The highest BCUT2D eigenvalue weighted by molar-refractivity contribution is 6.03. The SMILES string of the molecule is C=C/C=N\c1c(C(=O)NC(C)c2cc3cccc(C#CC4CCNCC4)c3c(=O)n2-c2ccccc2)c(N)nn1C. The molecule has 0 saturated carbocycles. The molecule has 1 amide bonds. The molecular weight excluding hydrogens is 514 g/mol. The number of fused-ring (bicyclic) bond motifs is 1. The lowest BCUT2D eigenvalue weighted by atomic mass is 9.97. The minimum absolute atomic E-state index is 0.0596. The van der Waals surface area contributed by atoms with E-state index in [-0.39, 0.29) is 16.9 Å². The first-order valence-electron chi connectivity index (χ1n) is 13.6. The van der Waals surface area contributed by atoms with E-state index in [1.165, 1.54) is 17.0 Å². The lowest BCUT2D eigenvalue weighted by Crippen LogP contribution is -2.32. The number of carbonyl (C=O) groups excluding carboxylic acids is 1. The van der Waals surface area contributed by atoms with Crippen LogP contribution in [0, 0.1) is 17.8 Å². The first-order chi connectivity index (χ1) is 19.9. The van der Waals surface area contributed by atoms with Crippen molar-refractivity contribution in [3.8, 4) is 17.5 Å². The van der Waals surface area contributed by atoms with E-state index in [1.54, 1.807) is 11.6 Å².